The predicted octanol–water partition coefficient (Wildman–Crippen LogP) is 5.94. The number of phenols is 1. The SMILES string of the molecule is NCCc1ccc(NC2CCN(C(=O)[C@@H]3CCCN3S(=O)(=O)c3ccc(F)cc3)CC2)cc1.O=C([C@@H]1CCCN1S(=O)(=O)c1ccc(F)cc1)N1CCC(Nc2ccc(CCNC[C@H](O)COc3ccc(O)cc3)cc2)CC1. The number of likely N-dealkylation sites (tertiary alicyclic amines) is 2. The molecule has 4 fully saturated rings. The van der Waals surface area contributed by atoms with Gasteiger partial charge in [-0.15, -0.1) is 0 Å². The molecule has 4 aliphatic heterocycles. The van der Waals surface area contributed by atoms with E-state index in [0.717, 1.165) is 74.2 Å². The zero-order valence-electron chi connectivity index (χ0n) is 43.8. The maximum atomic E-state index is 13.4. The summed E-state index contributed by atoms with van der Waals surface area (Å²) in [6, 6.07) is 31.4. The van der Waals surface area contributed by atoms with Gasteiger partial charge >= 0.3 is 0 Å². The molecule has 5 aromatic rings. The van der Waals surface area contributed by atoms with Gasteiger partial charge in [0, 0.05) is 69.3 Å². The van der Waals surface area contributed by atoms with Crippen LogP contribution in [0.15, 0.2) is 131 Å². The first-order chi connectivity index (χ1) is 37.6. The molecule has 5 aromatic carbocycles. The van der Waals surface area contributed by atoms with Gasteiger partial charge in [-0.2, -0.15) is 8.61 Å². The van der Waals surface area contributed by atoms with Crippen molar-refractivity contribution in [3.8, 4) is 11.5 Å². The van der Waals surface area contributed by atoms with Gasteiger partial charge < -0.3 is 46.4 Å². The number of aliphatic hydroxyl groups is 1. The van der Waals surface area contributed by atoms with Gasteiger partial charge in [0.25, 0.3) is 0 Å². The van der Waals surface area contributed by atoms with Crippen molar-refractivity contribution in [1.29, 1.82) is 0 Å². The number of carbonyl (C=O) groups is 2. The fraction of sp³-hybridized carbons (Fsp3) is 0.439. The molecule has 4 aliphatic rings. The molecule has 21 heteroatoms. The topological polar surface area (TPSA) is 227 Å². The highest BCUT2D eigenvalue weighted by molar-refractivity contribution is 7.89. The molecule has 0 saturated carbocycles. The molecule has 0 bridgehead atoms. The van der Waals surface area contributed by atoms with Gasteiger partial charge in [0.15, 0.2) is 0 Å². The number of nitrogens with zero attached hydrogens (tertiary/aromatic N) is 4. The first kappa shape index (κ1) is 58.0. The van der Waals surface area contributed by atoms with E-state index in [1.54, 1.807) is 21.9 Å². The number of nitrogens with two attached hydrogens (primary N) is 1. The number of benzene rings is 5. The first-order valence-electron chi connectivity index (χ1n) is 26.9. The Labute approximate surface area is 456 Å². The summed E-state index contributed by atoms with van der Waals surface area (Å²) in [5.74, 6) is -0.544. The van der Waals surface area contributed by atoms with Crippen LogP contribution in [0.4, 0.5) is 20.2 Å². The summed E-state index contributed by atoms with van der Waals surface area (Å²) in [7, 11) is -7.74. The van der Waals surface area contributed by atoms with Gasteiger partial charge in [-0.25, -0.2) is 25.6 Å². The third-order valence-corrected chi connectivity index (χ3v) is 18.6. The lowest BCUT2D eigenvalue weighted by atomic mass is 10.0. The number of aliphatic hydroxyl groups excluding tert-OH is 1. The molecule has 9 rings (SSSR count). The molecule has 2 amide bonds. The zero-order chi connectivity index (χ0) is 55.2. The summed E-state index contributed by atoms with van der Waals surface area (Å²) < 4.78 is 87.2. The Balaban J connectivity index is 0.000000216. The largest absolute Gasteiger partial charge is 0.508 e. The molecule has 7 N–H and O–H groups in total. The average molecular weight is 1120 g/mol. The van der Waals surface area contributed by atoms with Crippen LogP contribution < -0.4 is 26.4 Å². The van der Waals surface area contributed by atoms with Crippen LogP contribution in [0.5, 0.6) is 11.5 Å². The molecule has 0 spiro atoms. The minimum atomic E-state index is -3.89. The number of sulfonamides is 2. The second-order valence-electron chi connectivity index (χ2n) is 20.3. The third-order valence-electron chi connectivity index (χ3n) is 14.8. The normalized spacial score (nSPS) is 19.2. The molecule has 0 radical (unpaired) electrons. The van der Waals surface area contributed by atoms with Crippen molar-refractivity contribution in [3.63, 3.8) is 0 Å². The second kappa shape index (κ2) is 27.1. The highest BCUT2D eigenvalue weighted by atomic mass is 32.2. The van der Waals surface area contributed by atoms with Crippen molar-refractivity contribution in [1.82, 2.24) is 23.7 Å². The number of hydrogen-bond acceptors (Lipinski definition) is 13. The molecule has 4 heterocycles. The molecule has 0 aromatic heterocycles. The molecule has 0 aliphatic carbocycles. The average Bonchev–Trinajstić information content (AvgIpc) is 4.19. The van der Waals surface area contributed by atoms with Crippen molar-refractivity contribution in [3.05, 3.63) is 144 Å². The maximum Gasteiger partial charge on any atom is 0.243 e. The summed E-state index contributed by atoms with van der Waals surface area (Å²) in [4.78, 5) is 30.2. The molecular formula is C57H72F2N8O9S2. The number of amides is 2. The van der Waals surface area contributed by atoms with Gasteiger partial charge in [0.2, 0.25) is 31.9 Å². The molecular weight excluding hydrogens is 1040 g/mol. The molecule has 3 atom stereocenters. The number of ether oxygens (including phenoxy) is 1. The van der Waals surface area contributed by atoms with Crippen LogP contribution >= 0.6 is 0 Å². The van der Waals surface area contributed by atoms with E-state index >= 15 is 0 Å². The van der Waals surface area contributed by atoms with Crippen LogP contribution in [0, 0.1) is 11.6 Å². The zero-order valence-corrected chi connectivity index (χ0v) is 45.4. The Morgan fingerprint density at radius 1 is 0.590 bits per heavy atom. The van der Waals surface area contributed by atoms with Gasteiger partial charge in [0.1, 0.15) is 47.9 Å². The lowest BCUT2D eigenvalue weighted by Gasteiger charge is -2.35. The van der Waals surface area contributed by atoms with Crippen LogP contribution in [0.2, 0.25) is 0 Å². The Hall–Kier alpha value is -6.20. The number of piperidine rings is 2. The summed E-state index contributed by atoms with van der Waals surface area (Å²) in [5, 5.41) is 29.8. The van der Waals surface area contributed by atoms with E-state index in [2.05, 4.69) is 52.3 Å². The number of anilines is 2. The van der Waals surface area contributed by atoms with Crippen molar-refractivity contribution < 1.29 is 50.2 Å². The van der Waals surface area contributed by atoms with Crippen LogP contribution in [0.25, 0.3) is 0 Å². The van der Waals surface area contributed by atoms with E-state index in [0.29, 0.717) is 83.8 Å². The number of nitrogens with one attached hydrogen (secondary N) is 3. The van der Waals surface area contributed by atoms with Crippen LogP contribution in [-0.4, -0.2) is 153 Å². The Kier molecular flexibility index (Phi) is 20.1. The quantitative estimate of drug-likeness (QED) is 0.0497. The fourth-order valence-electron chi connectivity index (χ4n) is 10.4. The van der Waals surface area contributed by atoms with Crippen LogP contribution in [0.1, 0.15) is 62.5 Å². The van der Waals surface area contributed by atoms with Crippen LogP contribution in [-0.2, 0) is 42.5 Å². The van der Waals surface area contributed by atoms with Gasteiger partial charge in [0.05, 0.1) is 9.79 Å². The van der Waals surface area contributed by atoms with E-state index in [1.807, 2.05) is 12.1 Å². The third kappa shape index (κ3) is 15.3. The number of hydrogen-bond donors (Lipinski definition) is 6. The Bertz CT molecular complexity index is 2950. The van der Waals surface area contributed by atoms with Crippen molar-refractivity contribution in [2.75, 3.05) is 76.1 Å². The Morgan fingerprint density at radius 3 is 1.44 bits per heavy atom. The number of aromatic hydroxyl groups is 1. The standard InChI is InChI=1S/C33H41FN4O6S.C24H31FN4O3S/c34-25-5-13-31(14-6-25)45(42,43)38-19-1-2-32(38)33(41)37-20-16-27(17-21-37)36-26-7-3-24(4-8-26)15-18-35-22-29(40)23-44-30-11-9-28(39)10-12-30;25-19-5-9-22(10-6-19)33(31,32)29-15-1-2-23(29)24(30)28-16-12-21(13-17-28)27-20-7-3-18(4-8-20)11-14-26/h3-14,27,29,32,35-36,39-40H,1-2,15-23H2;3-10,21,23,27H,1-2,11-17,26H2/t29-,32-;23-/m00/s1. The summed E-state index contributed by atoms with van der Waals surface area (Å²) in [6.07, 6.45) is 6.36. The number of phenolic OH excluding ortho intramolecular Hbond substituents is 1. The second-order valence-corrected chi connectivity index (χ2v) is 24.1. The van der Waals surface area contributed by atoms with Crippen molar-refractivity contribution in [2.24, 2.45) is 5.73 Å². The van der Waals surface area contributed by atoms with E-state index in [4.69, 9.17) is 10.5 Å². The molecule has 0 unspecified atom stereocenters. The van der Waals surface area contributed by atoms with Crippen molar-refractivity contribution in [2.45, 2.75) is 104 Å². The number of rotatable bonds is 20. The maximum absolute atomic E-state index is 13.4. The van der Waals surface area contributed by atoms with Crippen molar-refractivity contribution >= 4 is 43.2 Å². The minimum absolute atomic E-state index is 0.000809. The minimum Gasteiger partial charge on any atom is -0.508 e. The highest BCUT2D eigenvalue weighted by Gasteiger charge is 2.43. The van der Waals surface area contributed by atoms with E-state index in [1.165, 1.54) is 56.1 Å². The smallest absolute Gasteiger partial charge is 0.243 e. The van der Waals surface area contributed by atoms with Gasteiger partial charge in [-0.05, 0) is 185 Å². The fourth-order valence-corrected chi connectivity index (χ4v) is 13.7. The summed E-state index contributed by atoms with van der Waals surface area (Å²) in [6.45, 7) is 4.74. The van der Waals surface area contributed by atoms with Gasteiger partial charge in [-0.3, -0.25) is 9.59 Å². The lowest BCUT2D eigenvalue weighted by molar-refractivity contribution is -0.136. The first-order valence-corrected chi connectivity index (χ1v) is 29.8. The predicted molar refractivity (Wildman–Crippen MR) is 295 cm³/mol. The van der Waals surface area contributed by atoms with E-state index in [-0.39, 0.29) is 52.6 Å². The van der Waals surface area contributed by atoms with Crippen LogP contribution in [0.3, 0.4) is 0 Å². The molecule has 17 nitrogen and oxygen atoms in total. The molecule has 420 valence electrons. The number of halogens is 2. The lowest BCUT2D eigenvalue weighted by Crippen LogP contribution is -2.51. The van der Waals surface area contributed by atoms with E-state index in [9.17, 15) is 45.4 Å². The monoisotopic (exact) mass is 1110 g/mol. The Morgan fingerprint density at radius 2 is 1.01 bits per heavy atom. The molecule has 4 saturated heterocycles. The van der Waals surface area contributed by atoms with Gasteiger partial charge in [-0.1, -0.05) is 24.3 Å². The highest BCUT2D eigenvalue weighted by Crippen LogP contribution is 2.31. The molecule has 78 heavy (non-hydrogen) atoms. The number of carbonyl (C=O) groups excluding carboxylic acids is 2. The summed E-state index contributed by atoms with van der Waals surface area (Å²) in [5.41, 5.74) is 10.0. The summed E-state index contributed by atoms with van der Waals surface area (Å²) >= 11 is 0. The van der Waals surface area contributed by atoms with E-state index < -0.39 is 49.9 Å².